The summed E-state index contributed by atoms with van der Waals surface area (Å²) in [7, 11) is 0. The van der Waals surface area contributed by atoms with Crippen molar-refractivity contribution in [3.63, 3.8) is 0 Å². The molecule has 0 radical (unpaired) electrons. The van der Waals surface area contributed by atoms with Crippen molar-refractivity contribution in [2.24, 2.45) is 5.41 Å². The summed E-state index contributed by atoms with van der Waals surface area (Å²) in [5.41, 5.74) is 1.93. The van der Waals surface area contributed by atoms with Gasteiger partial charge in [-0.05, 0) is 38.6 Å². The Kier molecular flexibility index (Phi) is 4.48. The van der Waals surface area contributed by atoms with Crippen LogP contribution in [-0.2, 0) is 11.2 Å². The lowest BCUT2D eigenvalue weighted by atomic mass is 9.77. The molecule has 5 nitrogen and oxygen atoms in total. The van der Waals surface area contributed by atoms with Crippen molar-refractivity contribution < 1.29 is 9.32 Å². The first-order valence-electron chi connectivity index (χ1n) is 7.32. The van der Waals surface area contributed by atoms with E-state index >= 15 is 0 Å². The van der Waals surface area contributed by atoms with Gasteiger partial charge in [0.15, 0.2) is 0 Å². The third-order valence-corrected chi connectivity index (χ3v) is 4.35. The maximum Gasteiger partial charge on any atom is 0.224 e. The lowest BCUT2D eigenvalue weighted by Crippen LogP contribution is -2.53. The molecule has 0 aromatic carbocycles. The van der Waals surface area contributed by atoms with Gasteiger partial charge in [0.25, 0.3) is 0 Å². The van der Waals surface area contributed by atoms with Crippen LogP contribution >= 0.6 is 0 Å². The maximum absolute atomic E-state index is 12.1. The Balaban J connectivity index is 1.86. The van der Waals surface area contributed by atoms with Crippen LogP contribution < -0.4 is 10.6 Å². The number of amides is 1. The number of aryl methyl sites for hydroxylation is 2. The van der Waals surface area contributed by atoms with Crippen LogP contribution in [0, 0.1) is 19.3 Å². The molecule has 2 rings (SSSR count). The molecule has 0 bridgehead atoms. The summed E-state index contributed by atoms with van der Waals surface area (Å²) in [6.07, 6.45) is 2.75. The van der Waals surface area contributed by atoms with Gasteiger partial charge in [-0.2, -0.15) is 0 Å². The number of aromatic nitrogens is 1. The summed E-state index contributed by atoms with van der Waals surface area (Å²) >= 11 is 0. The topological polar surface area (TPSA) is 67.2 Å². The number of carbonyl (C=O) groups excluding carboxylic acids is 1. The zero-order chi connectivity index (χ0) is 14.8. The normalized spacial score (nSPS) is 21.7. The Bertz CT molecular complexity index is 460. The molecule has 0 saturated carbocycles. The number of carbonyl (C=O) groups is 1. The number of hydrogen-bond acceptors (Lipinski definition) is 4. The Morgan fingerprint density at radius 2 is 2.25 bits per heavy atom. The van der Waals surface area contributed by atoms with Crippen LogP contribution in [-0.4, -0.2) is 30.2 Å². The first-order valence-corrected chi connectivity index (χ1v) is 7.32. The second-order valence-electron chi connectivity index (χ2n) is 6.38. The Morgan fingerprint density at radius 3 is 2.85 bits per heavy atom. The maximum atomic E-state index is 12.1. The Labute approximate surface area is 120 Å². The van der Waals surface area contributed by atoms with E-state index in [1.54, 1.807) is 0 Å². The van der Waals surface area contributed by atoms with Gasteiger partial charge >= 0.3 is 0 Å². The third kappa shape index (κ3) is 3.39. The molecule has 20 heavy (non-hydrogen) atoms. The summed E-state index contributed by atoms with van der Waals surface area (Å²) in [5.74, 6) is 0.761. The Hall–Kier alpha value is -1.36. The summed E-state index contributed by atoms with van der Waals surface area (Å²) in [6, 6.07) is 0.338. The van der Waals surface area contributed by atoms with Crippen LogP contribution in [0.25, 0.3) is 0 Å². The second-order valence-corrected chi connectivity index (χ2v) is 6.38. The zero-order valence-electron chi connectivity index (χ0n) is 12.9. The molecule has 0 spiro atoms. The van der Waals surface area contributed by atoms with E-state index in [9.17, 15) is 4.79 Å². The van der Waals surface area contributed by atoms with E-state index in [1.807, 2.05) is 13.8 Å². The predicted octanol–water partition coefficient (Wildman–Crippen LogP) is 1.73. The molecule has 1 aromatic heterocycles. The van der Waals surface area contributed by atoms with Gasteiger partial charge in [-0.3, -0.25) is 4.79 Å². The molecule has 1 fully saturated rings. The zero-order valence-corrected chi connectivity index (χ0v) is 12.9. The fraction of sp³-hybridized carbons (Fsp3) is 0.733. The lowest BCUT2D eigenvalue weighted by molar-refractivity contribution is -0.120. The van der Waals surface area contributed by atoms with Gasteiger partial charge in [0, 0.05) is 18.2 Å². The molecular weight excluding hydrogens is 254 g/mol. The highest BCUT2D eigenvalue weighted by Gasteiger charge is 2.31. The number of hydrogen-bond donors (Lipinski definition) is 2. The molecule has 0 aliphatic carbocycles. The molecular formula is C15H25N3O2. The number of piperidine rings is 1. The van der Waals surface area contributed by atoms with Crippen molar-refractivity contribution in [3.8, 4) is 0 Å². The second kappa shape index (κ2) is 5.95. The molecule has 2 heterocycles. The van der Waals surface area contributed by atoms with Crippen molar-refractivity contribution >= 4 is 5.91 Å². The monoisotopic (exact) mass is 279 g/mol. The minimum absolute atomic E-state index is 0.0302. The largest absolute Gasteiger partial charge is 0.361 e. The fourth-order valence-corrected chi connectivity index (χ4v) is 2.81. The van der Waals surface area contributed by atoms with Gasteiger partial charge in [0.2, 0.25) is 5.91 Å². The van der Waals surface area contributed by atoms with Crippen LogP contribution in [0.5, 0.6) is 0 Å². The highest BCUT2D eigenvalue weighted by Crippen LogP contribution is 2.29. The van der Waals surface area contributed by atoms with Crippen LogP contribution in [0.2, 0.25) is 0 Å². The molecule has 112 valence electrons. The van der Waals surface area contributed by atoms with Gasteiger partial charge < -0.3 is 15.2 Å². The number of rotatable bonds is 4. The van der Waals surface area contributed by atoms with Gasteiger partial charge in [-0.1, -0.05) is 19.0 Å². The summed E-state index contributed by atoms with van der Waals surface area (Å²) < 4.78 is 5.08. The number of nitrogens with zero attached hydrogens (tertiary/aromatic N) is 1. The molecule has 1 unspecified atom stereocenters. The molecule has 1 aliphatic rings. The van der Waals surface area contributed by atoms with Gasteiger partial charge in [-0.15, -0.1) is 0 Å². The quantitative estimate of drug-likeness (QED) is 0.881. The summed E-state index contributed by atoms with van der Waals surface area (Å²) in [5, 5.41) is 10.4. The van der Waals surface area contributed by atoms with Crippen LogP contribution in [0.1, 0.15) is 43.7 Å². The Morgan fingerprint density at radius 1 is 1.50 bits per heavy atom. The summed E-state index contributed by atoms with van der Waals surface area (Å²) in [6.45, 7) is 9.93. The summed E-state index contributed by atoms with van der Waals surface area (Å²) in [4.78, 5) is 12.1. The molecule has 1 amide bonds. The molecule has 1 saturated heterocycles. The fourth-order valence-electron chi connectivity index (χ4n) is 2.81. The van der Waals surface area contributed by atoms with Crippen LogP contribution in [0.15, 0.2) is 4.52 Å². The van der Waals surface area contributed by atoms with Crippen molar-refractivity contribution in [2.75, 3.05) is 13.1 Å². The van der Waals surface area contributed by atoms with E-state index in [2.05, 4.69) is 29.6 Å². The van der Waals surface area contributed by atoms with E-state index in [-0.39, 0.29) is 11.3 Å². The van der Waals surface area contributed by atoms with Gasteiger partial charge in [-0.25, -0.2) is 0 Å². The third-order valence-electron chi connectivity index (χ3n) is 4.35. The first kappa shape index (κ1) is 15.0. The minimum atomic E-state index is 0.0302. The molecule has 1 atom stereocenters. The minimum Gasteiger partial charge on any atom is -0.361 e. The molecule has 1 aromatic rings. The van der Waals surface area contributed by atoms with E-state index in [0.29, 0.717) is 19.0 Å². The van der Waals surface area contributed by atoms with E-state index in [4.69, 9.17) is 4.52 Å². The van der Waals surface area contributed by atoms with Crippen molar-refractivity contribution in [1.82, 2.24) is 15.8 Å². The van der Waals surface area contributed by atoms with Crippen LogP contribution in [0.4, 0.5) is 0 Å². The van der Waals surface area contributed by atoms with E-state index in [1.165, 1.54) is 12.8 Å². The molecule has 2 N–H and O–H groups in total. The predicted molar refractivity (Wildman–Crippen MR) is 77.5 cm³/mol. The SMILES string of the molecule is Cc1noc(C)c1CC(=O)NCC1NCCCC1(C)C. The first-order chi connectivity index (χ1) is 9.40. The molecule has 5 heteroatoms. The van der Waals surface area contributed by atoms with Crippen molar-refractivity contribution in [1.29, 1.82) is 0 Å². The average Bonchev–Trinajstić information content (AvgIpc) is 2.69. The van der Waals surface area contributed by atoms with E-state index < -0.39 is 0 Å². The standard InChI is InChI=1S/C15H25N3O2/c1-10-12(11(2)20-18-10)8-14(19)17-9-13-15(3,4)6-5-7-16-13/h13,16H,5-9H2,1-4H3,(H,17,19). The average molecular weight is 279 g/mol. The number of nitrogens with one attached hydrogen (secondary N) is 2. The van der Waals surface area contributed by atoms with Gasteiger partial charge in [0.1, 0.15) is 5.76 Å². The van der Waals surface area contributed by atoms with Crippen molar-refractivity contribution in [3.05, 3.63) is 17.0 Å². The van der Waals surface area contributed by atoms with Crippen LogP contribution in [0.3, 0.4) is 0 Å². The smallest absolute Gasteiger partial charge is 0.224 e. The highest BCUT2D eigenvalue weighted by molar-refractivity contribution is 5.79. The van der Waals surface area contributed by atoms with Crippen molar-refractivity contribution in [2.45, 2.75) is 53.0 Å². The highest BCUT2D eigenvalue weighted by atomic mass is 16.5. The van der Waals surface area contributed by atoms with Gasteiger partial charge in [0.05, 0.1) is 12.1 Å². The lowest BCUT2D eigenvalue weighted by Gasteiger charge is -2.39. The van der Waals surface area contributed by atoms with E-state index in [0.717, 1.165) is 23.6 Å². The molecule has 1 aliphatic heterocycles.